The molecule has 0 heterocycles. The fourth-order valence-electron chi connectivity index (χ4n) is 1.88. The van der Waals surface area contributed by atoms with E-state index in [2.05, 4.69) is 5.32 Å². The Morgan fingerprint density at radius 3 is 2.40 bits per heavy atom. The van der Waals surface area contributed by atoms with Crippen LogP contribution in [0.4, 0.5) is 15.8 Å². The van der Waals surface area contributed by atoms with Gasteiger partial charge < -0.3 is 20.5 Å². The molecule has 0 amide bonds. The predicted octanol–water partition coefficient (Wildman–Crippen LogP) is 3.04. The summed E-state index contributed by atoms with van der Waals surface area (Å²) in [6.45, 7) is 0.340. The molecule has 0 fully saturated rings. The first-order valence-corrected chi connectivity index (χ1v) is 6.14. The lowest BCUT2D eigenvalue weighted by Crippen LogP contribution is -2.05. The highest BCUT2D eigenvalue weighted by Gasteiger charge is 2.09. The maximum Gasteiger partial charge on any atom is 0.162 e. The number of methoxy groups -OCH3 is 2. The molecule has 0 aliphatic heterocycles. The second kappa shape index (κ2) is 6.14. The molecule has 5 heteroatoms. The van der Waals surface area contributed by atoms with Gasteiger partial charge in [0.2, 0.25) is 0 Å². The van der Waals surface area contributed by atoms with Crippen molar-refractivity contribution in [2.45, 2.75) is 6.54 Å². The zero-order valence-electron chi connectivity index (χ0n) is 11.4. The fourth-order valence-corrected chi connectivity index (χ4v) is 1.88. The lowest BCUT2D eigenvalue weighted by molar-refractivity contribution is 0.355. The molecule has 0 spiro atoms. The van der Waals surface area contributed by atoms with E-state index in [9.17, 15) is 4.39 Å². The summed E-state index contributed by atoms with van der Waals surface area (Å²) in [7, 11) is 3.10. The molecular formula is C15H17FN2O2. The van der Waals surface area contributed by atoms with Crippen molar-refractivity contribution in [3.63, 3.8) is 0 Å². The fraction of sp³-hybridized carbons (Fsp3) is 0.200. The molecule has 0 radical (unpaired) electrons. The standard InChI is InChI=1S/C15H17FN2O2/c1-19-14-7-12(17)13(8-15(14)20-2)18-9-10-5-3-4-6-11(10)16/h3-8,18H,9,17H2,1-2H3. The van der Waals surface area contributed by atoms with Crippen LogP contribution in [0.15, 0.2) is 36.4 Å². The van der Waals surface area contributed by atoms with Gasteiger partial charge in [0, 0.05) is 24.2 Å². The molecule has 0 aromatic heterocycles. The minimum Gasteiger partial charge on any atom is -0.493 e. The van der Waals surface area contributed by atoms with Gasteiger partial charge in [-0.2, -0.15) is 0 Å². The van der Waals surface area contributed by atoms with Gasteiger partial charge in [-0.1, -0.05) is 18.2 Å². The van der Waals surface area contributed by atoms with Gasteiger partial charge in [-0.3, -0.25) is 0 Å². The van der Waals surface area contributed by atoms with Gasteiger partial charge in [0.1, 0.15) is 5.82 Å². The van der Waals surface area contributed by atoms with E-state index in [0.717, 1.165) is 0 Å². The Balaban J connectivity index is 2.19. The van der Waals surface area contributed by atoms with Gasteiger partial charge in [-0.25, -0.2) is 4.39 Å². The Bertz CT molecular complexity index is 602. The largest absolute Gasteiger partial charge is 0.493 e. The van der Waals surface area contributed by atoms with Crippen molar-refractivity contribution < 1.29 is 13.9 Å². The monoisotopic (exact) mass is 276 g/mol. The Hall–Kier alpha value is -2.43. The number of nitrogens with two attached hydrogens (primary N) is 1. The third-order valence-corrected chi connectivity index (χ3v) is 2.98. The van der Waals surface area contributed by atoms with Crippen LogP contribution >= 0.6 is 0 Å². The highest BCUT2D eigenvalue weighted by Crippen LogP contribution is 2.35. The van der Waals surface area contributed by atoms with Crippen molar-refractivity contribution in [3.8, 4) is 11.5 Å². The van der Waals surface area contributed by atoms with Crippen molar-refractivity contribution in [1.29, 1.82) is 0 Å². The molecule has 0 saturated carbocycles. The Labute approximate surface area is 117 Å². The van der Waals surface area contributed by atoms with Gasteiger partial charge in [-0.05, 0) is 6.07 Å². The first-order chi connectivity index (χ1) is 9.65. The lowest BCUT2D eigenvalue weighted by atomic mass is 10.2. The maximum atomic E-state index is 13.5. The lowest BCUT2D eigenvalue weighted by Gasteiger charge is -2.14. The van der Waals surface area contributed by atoms with Crippen molar-refractivity contribution in [2.24, 2.45) is 0 Å². The van der Waals surface area contributed by atoms with Crippen molar-refractivity contribution >= 4 is 11.4 Å². The number of nitrogens with one attached hydrogen (secondary N) is 1. The summed E-state index contributed by atoms with van der Waals surface area (Å²) in [5.74, 6) is 0.873. The Morgan fingerprint density at radius 1 is 1.10 bits per heavy atom. The zero-order chi connectivity index (χ0) is 14.5. The van der Waals surface area contributed by atoms with Crippen molar-refractivity contribution in [3.05, 3.63) is 47.8 Å². The van der Waals surface area contributed by atoms with Crippen LogP contribution in [-0.4, -0.2) is 14.2 Å². The van der Waals surface area contributed by atoms with Crippen LogP contribution in [0, 0.1) is 5.82 Å². The van der Waals surface area contributed by atoms with E-state index in [0.29, 0.717) is 35.0 Å². The van der Waals surface area contributed by atoms with Gasteiger partial charge in [-0.15, -0.1) is 0 Å². The van der Waals surface area contributed by atoms with Crippen molar-refractivity contribution in [1.82, 2.24) is 0 Å². The molecule has 2 rings (SSSR count). The SMILES string of the molecule is COc1cc(N)c(NCc2ccccc2F)cc1OC. The number of halogens is 1. The van der Waals surface area contributed by atoms with Gasteiger partial charge in [0.15, 0.2) is 11.5 Å². The van der Waals surface area contributed by atoms with Gasteiger partial charge >= 0.3 is 0 Å². The van der Waals surface area contributed by atoms with Crippen LogP contribution in [0.2, 0.25) is 0 Å². The Kier molecular flexibility index (Phi) is 4.30. The normalized spacial score (nSPS) is 10.2. The van der Waals surface area contributed by atoms with Crippen LogP contribution in [0.25, 0.3) is 0 Å². The molecular weight excluding hydrogens is 259 g/mol. The summed E-state index contributed by atoms with van der Waals surface area (Å²) < 4.78 is 23.9. The van der Waals surface area contributed by atoms with Gasteiger partial charge in [0.25, 0.3) is 0 Å². The molecule has 20 heavy (non-hydrogen) atoms. The minimum atomic E-state index is -0.251. The summed E-state index contributed by atoms with van der Waals surface area (Å²) in [4.78, 5) is 0. The second-order valence-electron chi connectivity index (χ2n) is 4.24. The smallest absolute Gasteiger partial charge is 0.162 e. The molecule has 0 bridgehead atoms. The van der Waals surface area contributed by atoms with E-state index >= 15 is 0 Å². The molecule has 0 aliphatic rings. The molecule has 0 atom stereocenters. The zero-order valence-corrected chi connectivity index (χ0v) is 11.4. The summed E-state index contributed by atoms with van der Waals surface area (Å²) in [5.41, 5.74) is 7.69. The third-order valence-electron chi connectivity index (χ3n) is 2.98. The highest BCUT2D eigenvalue weighted by molar-refractivity contribution is 5.72. The number of hydrogen-bond donors (Lipinski definition) is 2. The highest BCUT2D eigenvalue weighted by atomic mass is 19.1. The molecule has 4 nitrogen and oxygen atoms in total. The summed E-state index contributed by atoms with van der Waals surface area (Å²) >= 11 is 0. The van der Waals surface area contributed by atoms with Crippen LogP contribution < -0.4 is 20.5 Å². The molecule has 106 valence electrons. The predicted molar refractivity (Wildman–Crippen MR) is 77.7 cm³/mol. The summed E-state index contributed by atoms with van der Waals surface area (Å²) in [6.07, 6.45) is 0. The van der Waals surface area contributed by atoms with Crippen LogP contribution in [-0.2, 0) is 6.54 Å². The number of anilines is 2. The first-order valence-electron chi connectivity index (χ1n) is 6.14. The Morgan fingerprint density at radius 2 is 1.75 bits per heavy atom. The third kappa shape index (κ3) is 2.93. The van der Waals surface area contributed by atoms with E-state index in [1.165, 1.54) is 6.07 Å². The van der Waals surface area contributed by atoms with Crippen LogP contribution in [0.1, 0.15) is 5.56 Å². The number of ether oxygens (including phenoxy) is 2. The van der Waals surface area contributed by atoms with E-state index < -0.39 is 0 Å². The van der Waals surface area contributed by atoms with Crippen molar-refractivity contribution in [2.75, 3.05) is 25.3 Å². The van der Waals surface area contributed by atoms with E-state index in [1.807, 2.05) is 0 Å². The van der Waals surface area contributed by atoms with E-state index in [-0.39, 0.29) is 5.82 Å². The molecule has 0 saturated heterocycles. The molecule has 0 unspecified atom stereocenters. The van der Waals surface area contributed by atoms with E-state index in [1.54, 1.807) is 44.6 Å². The second-order valence-corrected chi connectivity index (χ2v) is 4.24. The first kappa shape index (κ1) is 14.0. The number of nitrogen functional groups attached to an aromatic ring is 1. The quantitative estimate of drug-likeness (QED) is 0.824. The topological polar surface area (TPSA) is 56.5 Å². The minimum absolute atomic E-state index is 0.251. The molecule has 3 N–H and O–H groups in total. The number of hydrogen-bond acceptors (Lipinski definition) is 4. The maximum absolute atomic E-state index is 13.5. The number of benzene rings is 2. The van der Waals surface area contributed by atoms with Crippen LogP contribution in [0.3, 0.4) is 0 Å². The average molecular weight is 276 g/mol. The number of rotatable bonds is 5. The van der Waals surface area contributed by atoms with Gasteiger partial charge in [0.05, 0.1) is 25.6 Å². The van der Waals surface area contributed by atoms with E-state index in [4.69, 9.17) is 15.2 Å². The molecule has 0 aliphatic carbocycles. The van der Waals surface area contributed by atoms with Crippen LogP contribution in [0.5, 0.6) is 11.5 Å². The molecule has 2 aromatic rings. The average Bonchev–Trinajstić information content (AvgIpc) is 2.47. The molecule has 2 aromatic carbocycles. The summed E-state index contributed by atoms with van der Waals surface area (Å²) in [6, 6.07) is 9.99. The summed E-state index contributed by atoms with van der Waals surface area (Å²) in [5, 5.41) is 3.10.